The van der Waals surface area contributed by atoms with Gasteiger partial charge in [0.25, 0.3) is 0 Å². The van der Waals surface area contributed by atoms with Gasteiger partial charge in [-0.15, -0.1) is 0 Å². The average molecular weight is 206 g/mol. The predicted octanol–water partition coefficient (Wildman–Crippen LogP) is 2.93. The Kier molecular flexibility index (Phi) is 4.50. The Balaban J connectivity index is 2.74. The molecule has 1 aromatic rings. The lowest BCUT2D eigenvalue weighted by molar-refractivity contribution is 0.0542. The van der Waals surface area contributed by atoms with Crippen LogP contribution in [-0.2, 0) is 4.74 Å². The molecule has 0 saturated carbocycles. The van der Waals surface area contributed by atoms with Gasteiger partial charge in [-0.3, -0.25) is 4.79 Å². The summed E-state index contributed by atoms with van der Waals surface area (Å²) in [6, 6.07) is 9.30. The summed E-state index contributed by atoms with van der Waals surface area (Å²) in [7, 11) is 1.59. The van der Waals surface area contributed by atoms with Gasteiger partial charge in [0, 0.05) is 12.7 Å². The second-order valence-electron chi connectivity index (χ2n) is 4.08. The van der Waals surface area contributed by atoms with Gasteiger partial charge in [0.05, 0.1) is 0 Å². The second-order valence-corrected chi connectivity index (χ2v) is 4.08. The molecule has 0 saturated heterocycles. The van der Waals surface area contributed by atoms with E-state index in [-0.39, 0.29) is 11.9 Å². The number of hydrogen-bond donors (Lipinski definition) is 0. The first-order chi connectivity index (χ1) is 7.15. The molecule has 2 nitrogen and oxygen atoms in total. The molecule has 0 amide bonds. The first-order valence-corrected chi connectivity index (χ1v) is 5.27. The number of carbonyl (C=O) groups excluding carboxylic acids is 1. The van der Waals surface area contributed by atoms with Crippen molar-refractivity contribution in [3.8, 4) is 0 Å². The monoisotopic (exact) mass is 206 g/mol. The van der Waals surface area contributed by atoms with E-state index in [1.54, 1.807) is 7.11 Å². The summed E-state index contributed by atoms with van der Waals surface area (Å²) in [6.45, 7) is 4.18. The fourth-order valence-corrected chi connectivity index (χ4v) is 1.53. The van der Waals surface area contributed by atoms with E-state index in [2.05, 4.69) is 13.8 Å². The molecule has 0 aliphatic heterocycles. The zero-order valence-corrected chi connectivity index (χ0v) is 9.57. The SMILES string of the molecule is COC(CC(C)C)C(=O)c1ccccc1. The highest BCUT2D eigenvalue weighted by molar-refractivity contribution is 5.99. The van der Waals surface area contributed by atoms with Gasteiger partial charge in [-0.05, 0) is 12.3 Å². The van der Waals surface area contributed by atoms with Gasteiger partial charge < -0.3 is 4.74 Å². The Morgan fingerprint density at radius 2 is 1.87 bits per heavy atom. The van der Waals surface area contributed by atoms with Crippen LogP contribution in [0.5, 0.6) is 0 Å². The lowest BCUT2D eigenvalue weighted by atomic mass is 9.98. The van der Waals surface area contributed by atoms with E-state index in [0.717, 1.165) is 12.0 Å². The molecule has 0 aliphatic rings. The van der Waals surface area contributed by atoms with E-state index in [4.69, 9.17) is 4.74 Å². The van der Waals surface area contributed by atoms with Crippen molar-refractivity contribution in [2.75, 3.05) is 7.11 Å². The smallest absolute Gasteiger partial charge is 0.191 e. The summed E-state index contributed by atoms with van der Waals surface area (Å²) >= 11 is 0. The topological polar surface area (TPSA) is 26.3 Å². The number of carbonyl (C=O) groups is 1. The number of rotatable bonds is 5. The molecule has 0 aromatic heterocycles. The molecule has 0 radical (unpaired) electrons. The van der Waals surface area contributed by atoms with E-state index in [0.29, 0.717) is 5.92 Å². The highest BCUT2D eigenvalue weighted by Gasteiger charge is 2.20. The minimum Gasteiger partial charge on any atom is -0.373 e. The van der Waals surface area contributed by atoms with Crippen LogP contribution in [0.2, 0.25) is 0 Å². The Labute approximate surface area is 91.3 Å². The minimum atomic E-state index is -0.313. The molecular formula is C13H18O2. The van der Waals surface area contributed by atoms with Crippen LogP contribution in [-0.4, -0.2) is 19.0 Å². The molecule has 2 heteroatoms. The summed E-state index contributed by atoms with van der Waals surface area (Å²) in [6.07, 6.45) is 0.455. The van der Waals surface area contributed by atoms with Crippen molar-refractivity contribution in [2.24, 2.45) is 5.92 Å². The summed E-state index contributed by atoms with van der Waals surface area (Å²) in [5.74, 6) is 0.536. The third kappa shape index (κ3) is 3.48. The van der Waals surface area contributed by atoms with Crippen molar-refractivity contribution in [1.82, 2.24) is 0 Å². The third-order valence-electron chi connectivity index (χ3n) is 2.32. The number of hydrogen-bond acceptors (Lipinski definition) is 2. The first kappa shape index (κ1) is 11.9. The van der Waals surface area contributed by atoms with Crippen LogP contribution in [0.4, 0.5) is 0 Å². The summed E-state index contributed by atoms with van der Waals surface area (Å²) < 4.78 is 5.23. The Morgan fingerprint density at radius 3 is 2.33 bits per heavy atom. The molecule has 0 fully saturated rings. The molecule has 15 heavy (non-hydrogen) atoms. The van der Waals surface area contributed by atoms with Gasteiger partial charge in [0.1, 0.15) is 6.10 Å². The third-order valence-corrected chi connectivity index (χ3v) is 2.32. The Morgan fingerprint density at radius 1 is 1.27 bits per heavy atom. The van der Waals surface area contributed by atoms with Crippen LogP contribution in [0.15, 0.2) is 30.3 Å². The average Bonchev–Trinajstić information content (AvgIpc) is 2.26. The van der Waals surface area contributed by atoms with Crippen molar-refractivity contribution in [2.45, 2.75) is 26.4 Å². The van der Waals surface area contributed by atoms with Crippen LogP contribution >= 0.6 is 0 Å². The van der Waals surface area contributed by atoms with Gasteiger partial charge in [0.15, 0.2) is 5.78 Å². The molecule has 82 valence electrons. The molecule has 0 heterocycles. The molecule has 1 atom stereocenters. The van der Waals surface area contributed by atoms with E-state index < -0.39 is 0 Å². The standard InChI is InChI=1S/C13H18O2/c1-10(2)9-12(15-3)13(14)11-7-5-4-6-8-11/h4-8,10,12H,9H2,1-3H3. The quantitative estimate of drug-likeness (QED) is 0.692. The number of methoxy groups -OCH3 is 1. The molecule has 0 spiro atoms. The molecule has 0 N–H and O–H groups in total. The Hall–Kier alpha value is -1.15. The molecule has 1 rings (SSSR count). The zero-order valence-electron chi connectivity index (χ0n) is 9.57. The molecular weight excluding hydrogens is 188 g/mol. The summed E-state index contributed by atoms with van der Waals surface area (Å²) in [5, 5.41) is 0. The molecule has 0 bridgehead atoms. The lowest BCUT2D eigenvalue weighted by Crippen LogP contribution is -2.24. The van der Waals surface area contributed by atoms with Gasteiger partial charge in [-0.2, -0.15) is 0 Å². The predicted molar refractivity (Wildman–Crippen MR) is 61.0 cm³/mol. The number of ether oxygens (including phenoxy) is 1. The fraction of sp³-hybridized carbons (Fsp3) is 0.462. The van der Waals surface area contributed by atoms with Crippen LogP contribution in [0, 0.1) is 5.92 Å². The van der Waals surface area contributed by atoms with Crippen molar-refractivity contribution in [1.29, 1.82) is 0 Å². The largest absolute Gasteiger partial charge is 0.373 e. The summed E-state index contributed by atoms with van der Waals surface area (Å²) in [4.78, 5) is 12.0. The normalized spacial score (nSPS) is 12.8. The maximum absolute atomic E-state index is 12.0. The second kappa shape index (κ2) is 5.66. The van der Waals surface area contributed by atoms with Gasteiger partial charge in [-0.1, -0.05) is 44.2 Å². The molecule has 1 unspecified atom stereocenters. The van der Waals surface area contributed by atoms with Crippen LogP contribution in [0.1, 0.15) is 30.6 Å². The number of benzene rings is 1. The van der Waals surface area contributed by atoms with E-state index in [9.17, 15) is 4.79 Å². The summed E-state index contributed by atoms with van der Waals surface area (Å²) in [5.41, 5.74) is 0.727. The highest BCUT2D eigenvalue weighted by atomic mass is 16.5. The molecule has 1 aromatic carbocycles. The van der Waals surface area contributed by atoms with Crippen LogP contribution in [0.25, 0.3) is 0 Å². The maximum Gasteiger partial charge on any atom is 0.191 e. The van der Waals surface area contributed by atoms with E-state index in [1.165, 1.54) is 0 Å². The lowest BCUT2D eigenvalue weighted by Gasteiger charge is -2.16. The molecule has 0 aliphatic carbocycles. The minimum absolute atomic E-state index is 0.0757. The van der Waals surface area contributed by atoms with Crippen LogP contribution in [0.3, 0.4) is 0 Å². The van der Waals surface area contributed by atoms with Crippen LogP contribution < -0.4 is 0 Å². The number of ketones is 1. The van der Waals surface area contributed by atoms with Crippen molar-refractivity contribution in [3.05, 3.63) is 35.9 Å². The highest BCUT2D eigenvalue weighted by Crippen LogP contribution is 2.13. The number of Topliss-reactive ketones (excluding diaryl/α,β-unsaturated/α-hetero) is 1. The zero-order chi connectivity index (χ0) is 11.3. The van der Waals surface area contributed by atoms with E-state index in [1.807, 2.05) is 30.3 Å². The van der Waals surface area contributed by atoms with Gasteiger partial charge in [-0.25, -0.2) is 0 Å². The van der Waals surface area contributed by atoms with Crippen molar-refractivity contribution >= 4 is 5.78 Å². The Bertz CT molecular complexity index is 304. The van der Waals surface area contributed by atoms with Crippen molar-refractivity contribution in [3.63, 3.8) is 0 Å². The van der Waals surface area contributed by atoms with Gasteiger partial charge >= 0.3 is 0 Å². The van der Waals surface area contributed by atoms with E-state index >= 15 is 0 Å². The van der Waals surface area contributed by atoms with Gasteiger partial charge in [0.2, 0.25) is 0 Å². The first-order valence-electron chi connectivity index (χ1n) is 5.27. The maximum atomic E-state index is 12.0. The fourth-order valence-electron chi connectivity index (χ4n) is 1.53. The van der Waals surface area contributed by atoms with Crippen molar-refractivity contribution < 1.29 is 9.53 Å².